The number of H-pyrrole nitrogens is 2. The molecule has 108 valence electrons. The van der Waals surface area contributed by atoms with E-state index in [-0.39, 0.29) is 11.7 Å². The Morgan fingerprint density at radius 1 is 1.14 bits per heavy atom. The Labute approximate surface area is 134 Å². The second-order valence-corrected chi connectivity index (χ2v) is 6.20. The average molecular weight is 367 g/mol. The fourth-order valence-electron chi connectivity index (χ4n) is 2.24. The second-order valence-electron chi connectivity index (χ2n) is 4.87. The molecule has 4 nitrogen and oxygen atoms in total. The van der Waals surface area contributed by atoms with E-state index in [0.717, 1.165) is 26.8 Å². The van der Waals surface area contributed by atoms with Crippen LogP contribution in [0.1, 0.15) is 18.5 Å². The number of anilines is 1. The molecule has 0 radical (unpaired) electrons. The number of halogens is 2. The van der Waals surface area contributed by atoms with Gasteiger partial charge in [0.15, 0.2) is 0 Å². The van der Waals surface area contributed by atoms with Crippen molar-refractivity contribution in [3.8, 4) is 0 Å². The van der Waals surface area contributed by atoms with Crippen molar-refractivity contribution in [3.63, 3.8) is 0 Å². The van der Waals surface area contributed by atoms with Crippen LogP contribution < -0.4 is 11.0 Å². The molecule has 3 N–H and O–H groups in total. The Morgan fingerprint density at radius 2 is 1.90 bits per heavy atom. The Kier molecular flexibility index (Phi) is 3.78. The summed E-state index contributed by atoms with van der Waals surface area (Å²) in [5, 5.41) is 4.03. The first-order valence-corrected chi connectivity index (χ1v) is 7.63. The molecule has 1 atom stereocenters. The van der Waals surface area contributed by atoms with Crippen LogP contribution in [0.25, 0.3) is 11.0 Å². The minimum absolute atomic E-state index is 0.0616. The summed E-state index contributed by atoms with van der Waals surface area (Å²) in [5.74, 6) is 0. The highest BCUT2D eigenvalue weighted by Gasteiger charge is 2.09. The molecule has 0 aliphatic carbocycles. The Hall–Kier alpha value is -1.72. The standard InChI is InChI=1S/C15H13BrClN3O/c1-8(18-12-5-3-10(16)7-11(12)17)9-2-4-13-14(6-9)20-15(21)19-13/h2-8,18H,1H3,(H2,19,20,21). The highest BCUT2D eigenvalue weighted by molar-refractivity contribution is 9.10. The maximum Gasteiger partial charge on any atom is 0.323 e. The van der Waals surface area contributed by atoms with E-state index in [1.807, 2.05) is 43.3 Å². The topological polar surface area (TPSA) is 60.7 Å². The van der Waals surface area contributed by atoms with Crippen LogP contribution in [-0.2, 0) is 0 Å². The third-order valence-electron chi connectivity index (χ3n) is 3.34. The van der Waals surface area contributed by atoms with Gasteiger partial charge in [0.1, 0.15) is 0 Å². The number of rotatable bonds is 3. The average Bonchev–Trinajstić information content (AvgIpc) is 2.80. The van der Waals surface area contributed by atoms with E-state index in [2.05, 4.69) is 31.2 Å². The van der Waals surface area contributed by atoms with Gasteiger partial charge in [-0.05, 0) is 42.8 Å². The molecule has 2 aromatic carbocycles. The summed E-state index contributed by atoms with van der Waals surface area (Å²) in [4.78, 5) is 16.8. The molecule has 0 bridgehead atoms. The van der Waals surface area contributed by atoms with Gasteiger partial charge in [0.25, 0.3) is 0 Å². The van der Waals surface area contributed by atoms with Gasteiger partial charge in [-0.1, -0.05) is 33.6 Å². The predicted molar refractivity (Wildman–Crippen MR) is 90.1 cm³/mol. The van der Waals surface area contributed by atoms with Gasteiger partial charge in [0, 0.05) is 10.5 Å². The summed E-state index contributed by atoms with van der Waals surface area (Å²) in [6.07, 6.45) is 0. The fourth-order valence-corrected chi connectivity index (χ4v) is 2.97. The minimum atomic E-state index is -0.196. The number of imidazole rings is 1. The van der Waals surface area contributed by atoms with Gasteiger partial charge in [0.05, 0.1) is 21.7 Å². The van der Waals surface area contributed by atoms with E-state index in [4.69, 9.17) is 11.6 Å². The van der Waals surface area contributed by atoms with Crippen molar-refractivity contribution < 1.29 is 0 Å². The molecule has 0 fully saturated rings. The highest BCUT2D eigenvalue weighted by Crippen LogP contribution is 2.29. The van der Waals surface area contributed by atoms with Crippen molar-refractivity contribution in [2.45, 2.75) is 13.0 Å². The van der Waals surface area contributed by atoms with E-state index in [0.29, 0.717) is 5.02 Å². The molecule has 0 aliphatic heterocycles. The molecule has 0 saturated carbocycles. The first-order valence-electron chi connectivity index (χ1n) is 6.46. The lowest BCUT2D eigenvalue weighted by atomic mass is 10.1. The highest BCUT2D eigenvalue weighted by atomic mass is 79.9. The van der Waals surface area contributed by atoms with Crippen LogP contribution in [0.5, 0.6) is 0 Å². The lowest BCUT2D eigenvalue weighted by Gasteiger charge is -2.17. The van der Waals surface area contributed by atoms with Crippen molar-refractivity contribution in [2.75, 3.05) is 5.32 Å². The Morgan fingerprint density at radius 3 is 2.67 bits per heavy atom. The van der Waals surface area contributed by atoms with Gasteiger partial charge in [-0.25, -0.2) is 4.79 Å². The third-order valence-corrected chi connectivity index (χ3v) is 4.15. The zero-order valence-corrected chi connectivity index (χ0v) is 13.5. The molecule has 21 heavy (non-hydrogen) atoms. The number of hydrogen-bond acceptors (Lipinski definition) is 2. The monoisotopic (exact) mass is 365 g/mol. The lowest BCUT2D eigenvalue weighted by Crippen LogP contribution is -2.06. The van der Waals surface area contributed by atoms with Gasteiger partial charge in [-0.15, -0.1) is 0 Å². The maximum absolute atomic E-state index is 11.3. The van der Waals surface area contributed by atoms with Gasteiger partial charge in [0.2, 0.25) is 0 Å². The zero-order chi connectivity index (χ0) is 15.0. The molecule has 0 aliphatic rings. The summed E-state index contributed by atoms with van der Waals surface area (Å²) in [7, 11) is 0. The quantitative estimate of drug-likeness (QED) is 0.641. The van der Waals surface area contributed by atoms with Gasteiger partial charge in [-0.3, -0.25) is 0 Å². The van der Waals surface area contributed by atoms with Crippen molar-refractivity contribution in [2.24, 2.45) is 0 Å². The first kappa shape index (κ1) is 14.2. The maximum atomic E-state index is 11.3. The molecule has 0 spiro atoms. The Balaban J connectivity index is 1.89. The summed E-state index contributed by atoms with van der Waals surface area (Å²) in [6, 6.07) is 11.6. The van der Waals surface area contributed by atoms with E-state index >= 15 is 0 Å². The van der Waals surface area contributed by atoms with E-state index in [1.165, 1.54) is 0 Å². The molecule has 1 heterocycles. The second kappa shape index (κ2) is 5.58. The van der Waals surface area contributed by atoms with Crippen LogP contribution in [-0.4, -0.2) is 9.97 Å². The summed E-state index contributed by atoms with van der Waals surface area (Å²) in [5.41, 5.74) is 3.34. The Bertz CT molecular complexity index is 855. The van der Waals surface area contributed by atoms with Crippen molar-refractivity contribution in [1.29, 1.82) is 0 Å². The lowest BCUT2D eigenvalue weighted by molar-refractivity contribution is 0.886. The normalized spacial score (nSPS) is 12.5. The largest absolute Gasteiger partial charge is 0.377 e. The molecule has 6 heteroatoms. The van der Waals surface area contributed by atoms with Crippen LogP contribution in [0.3, 0.4) is 0 Å². The van der Waals surface area contributed by atoms with Gasteiger partial charge < -0.3 is 15.3 Å². The predicted octanol–water partition coefficient (Wildman–Crippen LogP) is 4.45. The number of nitrogens with one attached hydrogen (secondary N) is 3. The fraction of sp³-hybridized carbons (Fsp3) is 0.133. The minimum Gasteiger partial charge on any atom is -0.377 e. The number of hydrogen-bond donors (Lipinski definition) is 3. The van der Waals surface area contributed by atoms with Crippen LogP contribution in [0, 0.1) is 0 Å². The molecule has 1 unspecified atom stereocenters. The van der Waals surface area contributed by atoms with E-state index in [9.17, 15) is 4.79 Å². The van der Waals surface area contributed by atoms with Crippen LogP contribution in [0.15, 0.2) is 45.7 Å². The van der Waals surface area contributed by atoms with E-state index in [1.54, 1.807) is 0 Å². The molecule has 1 aromatic heterocycles. The summed E-state index contributed by atoms with van der Waals surface area (Å²) < 4.78 is 0.942. The summed E-state index contributed by atoms with van der Waals surface area (Å²) in [6.45, 7) is 2.05. The third kappa shape index (κ3) is 2.99. The molecular weight excluding hydrogens is 354 g/mol. The van der Waals surface area contributed by atoms with Crippen LogP contribution >= 0.6 is 27.5 Å². The van der Waals surface area contributed by atoms with Gasteiger partial charge >= 0.3 is 5.69 Å². The molecule has 3 rings (SSSR count). The van der Waals surface area contributed by atoms with E-state index < -0.39 is 0 Å². The number of aromatic amines is 2. The van der Waals surface area contributed by atoms with Crippen molar-refractivity contribution >= 4 is 44.3 Å². The molecule has 3 aromatic rings. The zero-order valence-electron chi connectivity index (χ0n) is 11.2. The van der Waals surface area contributed by atoms with Crippen LogP contribution in [0.2, 0.25) is 5.02 Å². The SMILES string of the molecule is CC(Nc1ccc(Br)cc1Cl)c1ccc2[nH]c(=O)[nH]c2c1. The van der Waals surface area contributed by atoms with Gasteiger partial charge in [-0.2, -0.15) is 0 Å². The molecular formula is C15H13BrClN3O. The van der Waals surface area contributed by atoms with Crippen molar-refractivity contribution in [1.82, 2.24) is 9.97 Å². The smallest absolute Gasteiger partial charge is 0.323 e. The van der Waals surface area contributed by atoms with Crippen molar-refractivity contribution in [3.05, 3.63) is 61.9 Å². The molecule has 0 saturated heterocycles. The molecule has 0 amide bonds. The number of fused-ring (bicyclic) bond motifs is 1. The first-order chi connectivity index (χ1) is 10.0. The summed E-state index contributed by atoms with van der Waals surface area (Å²) >= 11 is 9.60. The number of aromatic nitrogens is 2. The van der Waals surface area contributed by atoms with Crippen LogP contribution in [0.4, 0.5) is 5.69 Å². The number of benzene rings is 2.